The fraction of sp³-hybridized carbons (Fsp3) is 0.500. The first kappa shape index (κ1) is 14.2. The average molecular weight is 283 g/mol. The highest BCUT2D eigenvalue weighted by molar-refractivity contribution is 6.32. The quantitative estimate of drug-likeness (QED) is 0.868. The molecular formula is C14H19ClN2O2. The highest BCUT2D eigenvalue weighted by Crippen LogP contribution is 2.23. The molecule has 1 heterocycles. The molecule has 2 N–H and O–H groups in total. The minimum Gasteiger partial charge on any atom is -0.487 e. The van der Waals surface area contributed by atoms with Gasteiger partial charge in [0.05, 0.1) is 17.6 Å². The van der Waals surface area contributed by atoms with Gasteiger partial charge in [0.2, 0.25) is 5.91 Å². The first-order valence-corrected chi connectivity index (χ1v) is 6.97. The summed E-state index contributed by atoms with van der Waals surface area (Å²) in [6.45, 7) is 3.30. The first-order chi connectivity index (χ1) is 9.16. The van der Waals surface area contributed by atoms with Gasteiger partial charge in [0, 0.05) is 0 Å². The molecule has 1 fully saturated rings. The number of carbonyl (C=O) groups is 1. The van der Waals surface area contributed by atoms with Gasteiger partial charge in [-0.25, -0.2) is 0 Å². The van der Waals surface area contributed by atoms with Crippen LogP contribution in [-0.4, -0.2) is 31.1 Å². The predicted octanol–water partition coefficient (Wildman–Crippen LogP) is 1.98. The summed E-state index contributed by atoms with van der Waals surface area (Å²) in [5, 5.41) is 6.64. The van der Waals surface area contributed by atoms with Crippen molar-refractivity contribution in [2.45, 2.75) is 31.9 Å². The van der Waals surface area contributed by atoms with E-state index in [0.29, 0.717) is 17.3 Å². The highest BCUT2D eigenvalue weighted by atomic mass is 35.5. The molecule has 0 bridgehead atoms. The van der Waals surface area contributed by atoms with E-state index < -0.39 is 0 Å². The summed E-state index contributed by atoms with van der Waals surface area (Å²) < 4.78 is 5.69. The van der Waals surface area contributed by atoms with Crippen LogP contribution in [0.1, 0.15) is 19.8 Å². The topological polar surface area (TPSA) is 50.4 Å². The second-order valence-corrected chi connectivity index (χ2v) is 5.16. The summed E-state index contributed by atoms with van der Waals surface area (Å²) in [4.78, 5) is 11.8. The van der Waals surface area contributed by atoms with Gasteiger partial charge in [0.15, 0.2) is 0 Å². The molecule has 0 spiro atoms. The second-order valence-electron chi connectivity index (χ2n) is 4.75. The van der Waals surface area contributed by atoms with E-state index in [4.69, 9.17) is 16.3 Å². The van der Waals surface area contributed by atoms with E-state index in [1.807, 2.05) is 25.1 Å². The van der Waals surface area contributed by atoms with Gasteiger partial charge in [-0.3, -0.25) is 4.79 Å². The van der Waals surface area contributed by atoms with E-state index in [2.05, 4.69) is 10.6 Å². The van der Waals surface area contributed by atoms with Crippen LogP contribution in [0.5, 0.6) is 5.75 Å². The van der Waals surface area contributed by atoms with Crippen LogP contribution >= 0.6 is 11.6 Å². The maximum Gasteiger partial charge on any atom is 0.237 e. The largest absolute Gasteiger partial charge is 0.487 e. The number of rotatable bonds is 5. The number of halogens is 1. The summed E-state index contributed by atoms with van der Waals surface area (Å²) in [7, 11) is 0. The average Bonchev–Trinajstić information content (AvgIpc) is 2.93. The lowest BCUT2D eigenvalue weighted by atomic mass is 10.2. The van der Waals surface area contributed by atoms with E-state index in [0.717, 1.165) is 19.4 Å². The lowest BCUT2D eigenvalue weighted by Gasteiger charge is -2.17. The van der Waals surface area contributed by atoms with Gasteiger partial charge >= 0.3 is 0 Å². The molecule has 0 saturated carbocycles. The van der Waals surface area contributed by atoms with Crippen molar-refractivity contribution in [1.29, 1.82) is 0 Å². The number of hydrogen-bond donors (Lipinski definition) is 2. The van der Waals surface area contributed by atoms with Crippen molar-refractivity contribution in [2.24, 2.45) is 0 Å². The van der Waals surface area contributed by atoms with Crippen LogP contribution in [0.25, 0.3) is 0 Å². The predicted molar refractivity (Wildman–Crippen MR) is 75.6 cm³/mol. The molecule has 2 unspecified atom stereocenters. The van der Waals surface area contributed by atoms with Crippen molar-refractivity contribution in [3.8, 4) is 5.75 Å². The van der Waals surface area contributed by atoms with Crippen molar-refractivity contribution in [3.05, 3.63) is 29.3 Å². The van der Waals surface area contributed by atoms with Crippen LogP contribution in [0.15, 0.2) is 24.3 Å². The molecule has 5 heteroatoms. The molecule has 0 aromatic heterocycles. The maximum absolute atomic E-state index is 11.8. The Kier molecular flexibility index (Phi) is 5.05. The highest BCUT2D eigenvalue weighted by Gasteiger charge is 2.22. The van der Waals surface area contributed by atoms with Crippen LogP contribution in [0.4, 0.5) is 0 Å². The molecule has 2 rings (SSSR count). The molecule has 2 atom stereocenters. The molecule has 1 amide bonds. The van der Waals surface area contributed by atoms with E-state index in [1.54, 1.807) is 6.07 Å². The maximum atomic E-state index is 11.8. The Morgan fingerprint density at radius 1 is 1.58 bits per heavy atom. The Morgan fingerprint density at radius 2 is 2.37 bits per heavy atom. The summed E-state index contributed by atoms with van der Waals surface area (Å²) in [6, 6.07) is 7.28. The van der Waals surface area contributed by atoms with Gasteiger partial charge in [0.25, 0.3) is 0 Å². The zero-order chi connectivity index (χ0) is 13.7. The number of carbonyl (C=O) groups excluding carboxylic acids is 1. The van der Waals surface area contributed by atoms with Crippen LogP contribution in [0.2, 0.25) is 5.02 Å². The fourth-order valence-corrected chi connectivity index (χ4v) is 2.25. The molecule has 1 aromatic rings. The molecular weight excluding hydrogens is 264 g/mol. The minimum absolute atomic E-state index is 0.0482. The molecule has 19 heavy (non-hydrogen) atoms. The van der Waals surface area contributed by atoms with Gasteiger partial charge < -0.3 is 15.4 Å². The van der Waals surface area contributed by atoms with Gasteiger partial charge in [-0.05, 0) is 38.4 Å². The van der Waals surface area contributed by atoms with Crippen LogP contribution in [-0.2, 0) is 4.79 Å². The third kappa shape index (κ3) is 4.11. The summed E-state index contributed by atoms with van der Waals surface area (Å²) in [5.41, 5.74) is 0. The summed E-state index contributed by atoms with van der Waals surface area (Å²) in [5.74, 6) is 0.692. The Balaban J connectivity index is 1.76. The monoisotopic (exact) mass is 282 g/mol. The van der Waals surface area contributed by atoms with Gasteiger partial charge in [-0.2, -0.15) is 0 Å². The van der Waals surface area contributed by atoms with Gasteiger partial charge in [0.1, 0.15) is 11.9 Å². The van der Waals surface area contributed by atoms with E-state index in [9.17, 15) is 4.79 Å². The summed E-state index contributed by atoms with van der Waals surface area (Å²) >= 11 is 6.01. The lowest BCUT2D eigenvalue weighted by molar-refractivity contribution is -0.123. The number of benzene rings is 1. The smallest absolute Gasteiger partial charge is 0.237 e. The Labute approximate surface area is 118 Å². The number of ether oxygens (including phenoxy) is 1. The zero-order valence-electron chi connectivity index (χ0n) is 11.0. The van der Waals surface area contributed by atoms with E-state index in [1.165, 1.54) is 0 Å². The molecule has 0 radical (unpaired) electrons. The van der Waals surface area contributed by atoms with E-state index in [-0.39, 0.29) is 18.1 Å². The molecule has 1 aliphatic rings. The molecule has 1 aliphatic heterocycles. The number of nitrogens with one attached hydrogen (secondary N) is 2. The van der Waals surface area contributed by atoms with Crippen LogP contribution in [0, 0.1) is 0 Å². The third-order valence-electron chi connectivity index (χ3n) is 3.11. The van der Waals surface area contributed by atoms with Crippen molar-refractivity contribution >= 4 is 17.5 Å². The van der Waals surface area contributed by atoms with Crippen molar-refractivity contribution < 1.29 is 9.53 Å². The standard InChI is InChI=1S/C14H19ClN2O2/c1-10(19-13-7-3-2-5-11(13)15)9-17-14(18)12-6-4-8-16-12/h2-3,5,7,10,12,16H,4,6,8-9H2,1H3,(H,17,18). The normalized spacial score (nSPS) is 20.0. The van der Waals surface area contributed by atoms with Crippen molar-refractivity contribution in [1.82, 2.24) is 10.6 Å². The van der Waals surface area contributed by atoms with Crippen molar-refractivity contribution in [2.75, 3.05) is 13.1 Å². The Morgan fingerprint density at radius 3 is 3.05 bits per heavy atom. The fourth-order valence-electron chi connectivity index (χ4n) is 2.07. The first-order valence-electron chi connectivity index (χ1n) is 6.59. The molecule has 1 saturated heterocycles. The van der Waals surface area contributed by atoms with E-state index >= 15 is 0 Å². The molecule has 1 aromatic carbocycles. The van der Waals surface area contributed by atoms with Gasteiger partial charge in [-0.1, -0.05) is 23.7 Å². The second kappa shape index (κ2) is 6.78. The summed E-state index contributed by atoms with van der Waals surface area (Å²) in [6.07, 6.45) is 1.85. The molecule has 4 nitrogen and oxygen atoms in total. The van der Waals surface area contributed by atoms with Gasteiger partial charge in [-0.15, -0.1) is 0 Å². The molecule has 0 aliphatic carbocycles. The number of amides is 1. The Hall–Kier alpha value is -1.26. The van der Waals surface area contributed by atoms with Crippen molar-refractivity contribution in [3.63, 3.8) is 0 Å². The number of hydrogen-bond acceptors (Lipinski definition) is 3. The molecule has 104 valence electrons. The Bertz CT molecular complexity index is 433. The zero-order valence-corrected chi connectivity index (χ0v) is 11.7. The minimum atomic E-state index is -0.120. The number of para-hydroxylation sites is 1. The van der Waals surface area contributed by atoms with Crippen LogP contribution in [0.3, 0.4) is 0 Å². The SMILES string of the molecule is CC(CNC(=O)C1CCCN1)Oc1ccccc1Cl. The third-order valence-corrected chi connectivity index (χ3v) is 3.42. The lowest BCUT2D eigenvalue weighted by Crippen LogP contribution is -2.43. The van der Waals surface area contributed by atoms with Crippen LogP contribution < -0.4 is 15.4 Å².